The molecule has 0 unspecified atom stereocenters. The smallest absolute Gasteiger partial charge is 0.265 e. The van der Waals surface area contributed by atoms with Crippen LogP contribution in [0.25, 0.3) is 0 Å². The summed E-state index contributed by atoms with van der Waals surface area (Å²) in [6, 6.07) is 13.0. The molecule has 0 aliphatic rings. The van der Waals surface area contributed by atoms with Gasteiger partial charge in [-0.25, -0.2) is 0 Å². The van der Waals surface area contributed by atoms with E-state index >= 15 is 0 Å². The fourth-order valence-electron chi connectivity index (χ4n) is 2.89. The summed E-state index contributed by atoms with van der Waals surface area (Å²) in [4.78, 5) is 25.3. The third-order valence-corrected chi connectivity index (χ3v) is 4.56. The molecule has 0 saturated carbocycles. The molecule has 0 bridgehead atoms. The van der Waals surface area contributed by atoms with Crippen LogP contribution in [0.15, 0.2) is 42.5 Å². The Bertz CT molecular complexity index is 812. The fourth-order valence-corrected chi connectivity index (χ4v) is 2.89. The van der Waals surface area contributed by atoms with Gasteiger partial charge in [0.2, 0.25) is 0 Å². The number of benzene rings is 2. The number of amides is 2. The molecule has 28 heavy (non-hydrogen) atoms. The highest BCUT2D eigenvalue weighted by Crippen LogP contribution is 2.20. The van der Waals surface area contributed by atoms with Crippen molar-refractivity contribution < 1.29 is 14.3 Å². The Morgan fingerprint density at radius 2 is 1.64 bits per heavy atom. The van der Waals surface area contributed by atoms with Crippen LogP contribution in [-0.2, 0) is 4.79 Å². The number of para-hydroxylation sites is 1. The van der Waals surface area contributed by atoms with Gasteiger partial charge in [-0.2, -0.15) is 0 Å². The van der Waals surface area contributed by atoms with Crippen molar-refractivity contribution in [2.24, 2.45) is 0 Å². The molecule has 5 heteroatoms. The Kier molecular flexibility index (Phi) is 7.61. The number of aryl methyl sites for hydroxylation is 2. The van der Waals surface area contributed by atoms with E-state index in [0.29, 0.717) is 23.4 Å². The average Bonchev–Trinajstić information content (AvgIpc) is 2.65. The maximum atomic E-state index is 12.8. The van der Waals surface area contributed by atoms with Gasteiger partial charge in [0.15, 0.2) is 6.10 Å². The van der Waals surface area contributed by atoms with E-state index in [1.807, 2.05) is 46.8 Å². The number of hydrogen-bond acceptors (Lipinski definition) is 3. The van der Waals surface area contributed by atoms with Crippen LogP contribution in [0.2, 0.25) is 0 Å². The summed E-state index contributed by atoms with van der Waals surface area (Å²) in [7, 11) is 0. The third-order valence-electron chi connectivity index (χ3n) is 4.56. The molecule has 0 saturated heterocycles. The molecule has 5 nitrogen and oxygen atoms in total. The number of carbonyl (C=O) groups excluding carboxylic acids is 2. The van der Waals surface area contributed by atoms with E-state index in [1.54, 1.807) is 24.3 Å². The molecule has 0 aromatic heterocycles. The number of nitrogens with one attached hydrogen (secondary N) is 2. The second-order valence-electron chi connectivity index (χ2n) is 7.16. The van der Waals surface area contributed by atoms with Crippen LogP contribution in [0.1, 0.15) is 55.1 Å². The van der Waals surface area contributed by atoms with Gasteiger partial charge < -0.3 is 15.4 Å². The molecule has 2 aromatic rings. The van der Waals surface area contributed by atoms with Crippen LogP contribution in [0, 0.1) is 13.8 Å². The summed E-state index contributed by atoms with van der Waals surface area (Å²) in [5.74, 6) is 0.196. The first-order chi connectivity index (χ1) is 13.3. The summed E-state index contributed by atoms with van der Waals surface area (Å²) in [5.41, 5.74) is 3.09. The minimum atomic E-state index is -0.646. The molecule has 150 valence electrons. The highest BCUT2D eigenvalue weighted by molar-refractivity contribution is 6.04. The second-order valence-corrected chi connectivity index (χ2v) is 7.16. The lowest BCUT2D eigenvalue weighted by Crippen LogP contribution is -2.35. The maximum Gasteiger partial charge on any atom is 0.265 e. The Hall–Kier alpha value is -2.82. The van der Waals surface area contributed by atoms with Gasteiger partial charge in [-0.05, 0) is 69.0 Å². The Labute approximate surface area is 167 Å². The van der Waals surface area contributed by atoms with E-state index in [0.717, 1.165) is 17.5 Å². The van der Waals surface area contributed by atoms with Crippen molar-refractivity contribution in [1.82, 2.24) is 5.32 Å². The minimum absolute atomic E-state index is 0.0625. The van der Waals surface area contributed by atoms with Crippen molar-refractivity contribution in [3.63, 3.8) is 0 Å². The highest BCUT2D eigenvalue weighted by Gasteiger charge is 2.21. The second kappa shape index (κ2) is 9.93. The highest BCUT2D eigenvalue weighted by atomic mass is 16.5. The molecule has 2 rings (SSSR count). The minimum Gasteiger partial charge on any atom is -0.481 e. The topological polar surface area (TPSA) is 67.4 Å². The van der Waals surface area contributed by atoms with Crippen LogP contribution < -0.4 is 15.4 Å². The zero-order chi connectivity index (χ0) is 20.7. The lowest BCUT2D eigenvalue weighted by atomic mass is 10.1. The van der Waals surface area contributed by atoms with E-state index in [9.17, 15) is 9.59 Å². The van der Waals surface area contributed by atoms with Gasteiger partial charge in [0.05, 0.1) is 11.3 Å². The monoisotopic (exact) mass is 382 g/mol. The van der Waals surface area contributed by atoms with Gasteiger partial charge in [0, 0.05) is 6.04 Å². The van der Waals surface area contributed by atoms with Crippen molar-refractivity contribution >= 4 is 17.5 Å². The predicted octanol–water partition coefficient (Wildman–Crippen LogP) is 4.63. The molecule has 0 aliphatic carbocycles. The van der Waals surface area contributed by atoms with Gasteiger partial charge >= 0.3 is 0 Å². The van der Waals surface area contributed by atoms with Crippen LogP contribution >= 0.6 is 0 Å². The van der Waals surface area contributed by atoms with Gasteiger partial charge in [-0.3, -0.25) is 9.59 Å². The van der Waals surface area contributed by atoms with Crippen molar-refractivity contribution in [1.29, 1.82) is 0 Å². The largest absolute Gasteiger partial charge is 0.481 e. The van der Waals surface area contributed by atoms with Gasteiger partial charge in [0.25, 0.3) is 11.8 Å². The van der Waals surface area contributed by atoms with E-state index < -0.39 is 6.10 Å². The SMILES string of the molecule is CC[C@@H](C)NC(=O)c1ccccc1NC(=O)[C@@H](CC)Oc1cc(C)cc(C)c1. The molecule has 0 spiro atoms. The number of hydrogen-bond donors (Lipinski definition) is 2. The van der Waals surface area contributed by atoms with E-state index in [4.69, 9.17) is 4.74 Å². The summed E-state index contributed by atoms with van der Waals surface area (Å²) in [6.45, 7) is 9.84. The van der Waals surface area contributed by atoms with Crippen LogP contribution in [-0.4, -0.2) is 24.0 Å². The molecular weight excluding hydrogens is 352 g/mol. The molecule has 2 aromatic carbocycles. The average molecular weight is 383 g/mol. The predicted molar refractivity (Wildman–Crippen MR) is 113 cm³/mol. The number of carbonyl (C=O) groups is 2. The van der Waals surface area contributed by atoms with Crippen molar-refractivity contribution in [3.8, 4) is 5.75 Å². The molecule has 0 radical (unpaired) electrons. The third kappa shape index (κ3) is 5.84. The fraction of sp³-hybridized carbons (Fsp3) is 0.391. The lowest BCUT2D eigenvalue weighted by molar-refractivity contribution is -0.122. The Balaban J connectivity index is 2.15. The van der Waals surface area contributed by atoms with Gasteiger partial charge in [-0.1, -0.05) is 32.0 Å². The van der Waals surface area contributed by atoms with Crippen LogP contribution in [0.3, 0.4) is 0 Å². The first-order valence-electron chi connectivity index (χ1n) is 9.79. The molecule has 2 amide bonds. The van der Waals surface area contributed by atoms with Gasteiger partial charge in [-0.15, -0.1) is 0 Å². The first-order valence-corrected chi connectivity index (χ1v) is 9.79. The Morgan fingerprint density at radius 1 is 1.00 bits per heavy atom. The van der Waals surface area contributed by atoms with E-state index in [1.165, 1.54) is 0 Å². The molecule has 0 heterocycles. The molecular formula is C23H30N2O3. The van der Waals surface area contributed by atoms with Crippen LogP contribution in [0.4, 0.5) is 5.69 Å². The van der Waals surface area contributed by atoms with Crippen molar-refractivity contribution in [3.05, 3.63) is 59.2 Å². The lowest BCUT2D eigenvalue weighted by Gasteiger charge is -2.19. The first kappa shape index (κ1) is 21.5. The summed E-state index contributed by atoms with van der Waals surface area (Å²) in [6.07, 6.45) is 0.703. The van der Waals surface area contributed by atoms with Crippen LogP contribution in [0.5, 0.6) is 5.75 Å². The molecule has 2 N–H and O–H groups in total. The molecule has 0 aliphatic heterocycles. The zero-order valence-corrected chi connectivity index (χ0v) is 17.3. The zero-order valence-electron chi connectivity index (χ0n) is 17.3. The summed E-state index contributed by atoms with van der Waals surface area (Å²) in [5, 5.41) is 5.79. The van der Waals surface area contributed by atoms with Gasteiger partial charge in [0.1, 0.15) is 5.75 Å². The Morgan fingerprint density at radius 3 is 2.25 bits per heavy atom. The van der Waals surface area contributed by atoms with Crippen molar-refractivity contribution in [2.45, 2.75) is 59.6 Å². The molecule has 0 fully saturated rings. The number of anilines is 1. The maximum absolute atomic E-state index is 12.8. The number of ether oxygens (including phenoxy) is 1. The standard InChI is InChI=1S/C23H30N2O3/c1-6-17(5)24-22(26)19-10-8-9-11-20(19)25-23(27)21(7-2)28-18-13-15(3)12-16(4)14-18/h8-14,17,21H,6-7H2,1-5H3,(H,24,26)(H,25,27)/t17-,21-/m1/s1. The normalized spacial score (nSPS) is 12.8. The number of rotatable bonds is 8. The van der Waals surface area contributed by atoms with E-state index in [-0.39, 0.29) is 17.9 Å². The summed E-state index contributed by atoms with van der Waals surface area (Å²) >= 11 is 0. The summed E-state index contributed by atoms with van der Waals surface area (Å²) < 4.78 is 5.93. The van der Waals surface area contributed by atoms with E-state index in [2.05, 4.69) is 16.7 Å². The quantitative estimate of drug-likeness (QED) is 0.699. The molecule has 2 atom stereocenters. The van der Waals surface area contributed by atoms with Crippen molar-refractivity contribution in [2.75, 3.05) is 5.32 Å².